The minimum Gasteiger partial charge on any atom is -0.493 e. The molecule has 0 aliphatic carbocycles. The van der Waals surface area contributed by atoms with E-state index in [0.29, 0.717) is 0 Å². The zero-order valence-electron chi connectivity index (χ0n) is 10.3. The van der Waals surface area contributed by atoms with Crippen LogP contribution in [-0.4, -0.2) is 21.3 Å². The summed E-state index contributed by atoms with van der Waals surface area (Å²) in [7, 11) is 0. The third-order valence-corrected chi connectivity index (χ3v) is 3.39. The van der Waals surface area contributed by atoms with Crippen molar-refractivity contribution >= 4 is 0 Å². The largest absolute Gasteiger partial charge is 0.493 e. The SMILES string of the molecule is CCn1cncc1C(O)c1ccc2c(c1)CCO2. The zero-order valence-corrected chi connectivity index (χ0v) is 10.3. The summed E-state index contributed by atoms with van der Waals surface area (Å²) < 4.78 is 7.42. The molecule has 1 N–H and O–H groups in total. The maximum atomic E-state index is 10.4. The third kappa shape index (κ3) is 1.78. The Morgan fingerprint density at radius 3 is 3.22 bits per heavy atom. The molecule has 0 spiro atoms. The van der Waals surface area contributed by atoms with E-state index < -0.39 is 6.10 Å². The van der Waals surface area contributed by atoms with Crippen molar-refractivity contribution in [3.8, 4) is 5.75 Å². The highest BCUT2D eigenvalue weighted by Gasteiger charge is 2.18. The van der Waals surface area contributed by atoms with Crippen molar-refractivity contribution < 1.29 is 9.84 Å². The average Bonchev–Trinajstić information content (AvgIpc) is 3.05. The van der Waals surface area contributed by atoms with E-state index in [1.807, 2.05) is 29.7 Å². The highest BCUT2D eigenvalue weighted by atomic mass is 16.5. The molecule has 0 amide bonds. The van der Waals surface area contributed by atoms with Crippen molar-refractivity contribution in [1.82, 2.24) is 9.55 Å². The Kier molecular flexibility index (Phi) is 2.80. The maximum absolute atomic E-state index is 10.4. The van der Waals surface area contributed by atoms with Crippen LogP contribution in [0.1, 0.15) is 29.8 Å². The molecule has 4 heteroatoms. The van der Waals surface area contributed by atoms with E-state index in [1.165, 1.54) is 5.56 Å². The summed E-state index contributed by atoms with van der Waals surface area (Å²) in [5.74, 6) is 0.940. The summed E-state index contributed by atoms with van der Waals surface area (Å²) in [6.07, 6.45) is 3.76. The van der Waals surface area contributed by atoms with Gasteiger partial charge in [0.15, 0.2) is 0 Å². The second-order valence-corrected chi connectivity index (χ2v) is 4.47. The van der Waals surface area contributed by atoms with E-state index in [2.05, 4.69) is 4.98 Å². The summed E-state index contributed by atoms with van der Waals surface area (Å²) in [6, 6.07) is 5.88. The standard InChI is InChI=1S/C14H16N2O2/c1-2-16-9-15-8-12(16)14(17)11-3-4-13-10(7-11)5-6-18-13/h3-4,7-9,14,17H,2,5-6H2,1H3. The fourth-order valence-corrected chi connectivity index (χ4v) is 2.37. The number of nitrogens with zero attached hydrogens (tertiary/aromatic N) is 2. The summed E-state index contributed by atoms with van der Waals surface area (Å²) in [6.45, 7) is 3.58. The summed E-state index contributed by atoms with van der Waals surface area (Å²) in [5, 5.41) is 10.4. The lowest BCUT2D eigenvalue weighted by Gasteiger charge is -2.13. The van der Waals surface area contributed by atoms with Gasteiger partial charge in [-0.05, 0) is 30.2 Å². The average molecular weight is 244 g/mol. The molecule has 1 aromatic heterocycles. The summed E-state index contributed by atoms with van der Waals surface area (Å²) >= 11 is 0. The molecule has 0 saturated heterocycles. The molecule has 2 aromatic rings. The van der Waals surface area contributed by atoms with Crippen molar-refractivity contribution in [2.45, 2.75) is 26.0 Å². The van der Waals surface area contributed by atoms with Gasteiger partial charge >= 0.3 is 0 Å². The minimum absolute atomic E-state index is 0.627. The lowest BCUT2D eigenvalue weighted by atomic mass is 10.0. The van der Waals surface area contributed by atoms with E-state index >= 15 is 0 Å². The van der Waals surface area contributed by atoms with E-state index in [0.717, 1.165) is 36.6 Å². The molecular weight excluding hydrogens is 228 g/mol. The maximum Gasteiger partial charge on any atom is 0.122 e. The second-order valence-electron chi connectivity index (χ2n) is 4.47. The van der Waals surface area contributed by atoms with Gasteiger partial charge in [-0.1, -0.05) is 6.07 Å². The Morgan fingerprint density at radius 1 is 1.50 bits per heavy atom. The molecule has 0 saturated carbocycles. The van der Waals surface area contributed by atoms with Gasteiger partial charge in [0.1, 0.15) is 11.9 Å². The monoisotopic (exact) mass is 244 g/mol. The highest BCUT2D eigenvalue weighted by molar-refractivity contribution is 5.41. The molecule has 94 valence electrons. The number of aliphatic hydroxyl groups is 1. The number of rotatable bonds is 3. The molecule has 1 aliphatic rings. The molecule has 1 aromatic carbocycles. The Balaban J connectivity index is 1.95. The van der Waals surface area contributed by atoms with Gasteiger partial charge in [0.2, 0.25) is 0 Å². The zero-order chi connectivity index (χ0) is 12.5. The van der Waals surface area contributed by atoms with E-state index in [-0.39, 0.29) is 0 Å². The first-order valence-electron chi connectivity index (χ1n) is 6.23. The molecule has 4 nitrogen and oxygen atoms in total. The van der Waals surface area contributed by atoms with Crippen LogP contribution in [0.4, 0.5) is 0 Å². The number of aromatic nitrogens is 2. The van der Waals surface area contributed by atoms with Gasteiger partial charge in [-0.25, -0.2) is 4.98 Å². The van der Waals surface area contributed by atoms with Crippen LogP contribution in [0.5, 0.6) is 5.75 Å². The van der Waals surface area contributed by atoms with Gasteiger partial charge in [-0.15, -0.1) is 0 Å². The van der Waals surface area contributed by atoms with Crippen LogP contribution >= 0.6 is 0 Å². The minimum atomic E-state index is -0.627. The van der Waals surface area contributed by atoms with Crippen LogP contribution in [-0.2, 0) is 13.0 Å². The number of hydrogen-bond acceptors (Lipinski definition) is 3. The summed E-state index contributed by atoms with van der Waals surface area (Å²) in [5.41, 5.74) is 2.90. The van der Waals surface area contributed by atoms with Crippen LogP contribution in [0, 0.1) is 0 Å². The molecule has 2 heterocycles. The van der Waals surface area contributed by atoms with Crippen LogP contribution < -0.4 is 4.74 Å². The first-order valence-corrected chi connectivity index (χ1v) is 6.23. The van der Waals surface area contributed by atoms with Gasteiger partial charge in [0, 0.05) is 13.0 Å². The highest BCUT2D eigenvalue weighted by Crippen LogP contribution is 2.30. The number of fused-ring (bicyclic) bond motifs is 1. The van der Waals surface area contributed by atoms with Gasteiger partial charge < -0.3 is 14.4 Å². The second kappa shape index (κ2) is 4.46. The van der Waals surface area contributed by atoms with E-state index in [9.17, 15) is 5.11 Å². The van der Waals surface area contributed by atoms with Crippen molar-refractivity contribution in [1.29, 1.82) is 0 Å². The molecule has 18 heavy (non-hydrogen) atoms. The Bertz CT molecular complexity index is 563. The number of imidazole rings is 1. The van der Waals surface area contributed by atoms with Gasteiger partial charge in [-0.3, -0.25) is 0 Å². The lowest BCUT2D eigenvalue weighted by molar-refractivity contribution is 0.210. The molecule has 0 radical (unpaired) electrons. The molecular formula is C14H16N2O2. The van der Waals surface area contributed by atoms with Crippen LogP contribution in [0.2, 0.25) is 0 Å². The molecule has 3 rings (SSSR count). The van der Waals surface area contributed by atoms with Gasteiger partial charge in [-0.2, -0.15) is 0 Å². The molecule has 1 unspecified atom stereocenters. The fourth-order valence-electron chi connectivity index (χ4n) is 2.37. The number of aliphatic hydroxyl groups excluding tert-OH is 1. The van der Waals surface area contributed by atoms with Crippen LogP contribution in [0.3, 0.4) is 0 Å². The van der Waals surface area contributed by atoms with Gasteiger partial charge in [0.25, 0.3) is 0 Å². The van der Waals surface area contributed by atoms with Gasteiger partial charge in [0.05, 0.1) is 24.8 Å². The fraction of sp³-hybridized carbons (Fsp3) is 0.357. The first kappa shape index (κ1) is 11.3. The van der Waals surface area contributed by atoms with Crippen molar-refractivity contribution in [2.24, 2.45) is 0 Å². The van der Waals surface area contributed by atoms with Crippen LogP contribution in [0.25, 0.3) is 0 Å². The number of hydrogen-bond donors (Lipinski definition) is 1. The van der Waals surface area contributed by atoms with E-state index in [4.69, 9.17) is 4.74 Å². The molecule has 0 bridgehead atoms. The third-order valence-electron chi connectivity index (χ3n) is 3.39. The van der Waals surface area contributed by atoms with Crippen LogP contribution in [0.15, 0.2) is 30.7 Å². The van der Waals surface area contributed by atoms with Crippen molar-refractivity contribution in [3.63, 3.8) is 0 Å². The van der Waals surface area contributed by atoms with Crippen molar-refractivity contribution in [2.75, 3.05) is 6.61 Å². The predicted molar refractivity (Wildman–Crippen MR) is 67.6 cm³/mol. The number of ether oxygens (including phenoxy) is 1. The number of benzene rings is 1. The Morgan fingerprint density at radius 2 is 2.39 bits per heavy atom. The molecule has 1 atom stereocenters. The van der Waals surface area contributed by atoms with Crippen molar-refractivity contribution in [3.05, 3.63) is 47.5 Å². The topological polar surface area (TPSA) is 47.3 Å². The molecule has 1 aliphatic heterocycles. The number of aryl methyl sites for hydroxylation is 1. The Labute approximate surface area is 106 Å². The van der Waals surface area contributed by atoms with E-state index in [1.54, 1.807) is 12.5 Å². The normalized spacial score (nSPS) is 15.2. The lowest BCUT2D eigenvalue weighted by Crippen LogP contribution is -2.07. The Hall–Kier alpha value is -1.81. The summed E-state index contributed by atoms with van der Waals surface area (Å²) in [4.78, 5) is 4.09. The quantitative estimate of drug-likeness (QED) is 0.897. The smallest absolute Gasteiger partial charge is 0.122 e. The first-order chi connectivity index (χ1) is 8.79. The predicted octanol–water partition coefficient (Wildman–Crippen LogP) is 1.92. The molecule has 0 fully saturated rings.